The van der Waals surface area contributed by atoms with Gasteiger partial charge < -0.3 is 5.32 Å². The van der Waals surface area contributed by atoms with Gasteiger partial charge in [-0.3, -0.25) is 4.90 Å². The van der Waals surface area contributed by atoms with Gasteiger partial charge in [-0.05, 0) is 26.2 Å². The Bertz CT molecular complexity index is 142. The minimum Gasteiger partial charge on any atom is -0.314 e. The summed E-state index contributed by atoms with van der Waals surface area (Å²) in [5.74, 6) is 0. The van der Waals surface area contributed by atoms with Crippen LogP contribution in [0.3, 0.4) is 0 Å². The van der Waals surface area contributed by atoms with E-state index in [0.717, 1.165) is 18.1 Å². The van der Waals surface area contributed by atoms with E-state index in [1.807, 2.05) is 0 Å². The molecule has 12 heavy (non-hydrogen) atoms. The van der Waals surface area contributed by atoms with Crippen LogP contribution in [-0.2, 0) is 0 Å². The molecule has 0 amide bonds. The van der Waals surface area contributed by atoms with Gasteiger partial charge in [0.25, 0.3) is 0 Å². The largest absolute Gasteiger partial charge is 0.314 e. The standard InChI is InChI=1S/C10H20N2/c1-3-8(2)12-9-4-5-10(12)7-11-6-9/h8-11H,3-7H2,1-2H3/t8?,9-,10+. The first-order valence-corrected chi connectivity index (χ1v) is 5.31. The predicted octanol–water partition coefficient (Wildman–Crippen LogP) is 1.22. The van der Waals surface area contributed by atoms with Crippen LogP contribution in [0.2, 0.25) is 0 Å². The van der Waals surface area contributed by atoms with E-state index in [1.165, 1.54) is 32.4 Å². The van der Waals surface area contributed by atoms with E-state index < -0.39 is 0 Å². The second kappa shape index (κ2) is 3.35. The Morgan fingerprint density at radius 2 is 1.92 bits per heavy atom. The second-order valence-electron chi connectivity index (χ2n) is 4.25. The second-order valence-corrected chi connectivity index (χ2v) is 4.25. The van der Waals surface area contributed by atoms with Crippen molar-refractivity contribution in [3.8, 4) is 0 Å². The van der Waals surface area contributed by atoms with Crippen molar-refractivity contribution in [2.45, 2.75) is 51.2 Å². The molecule has 2 aliphatic rings. The summed E-state index contributed by atoms with van der Waals surface area (Å²) in [6.07, 6.45) is 4.14. The third-order valence-corrected chi connectivity index (χ3v) is 3.54. The highest BCUT2D eigenvalue weighted by atomic mass is 15.3. The molecule has 0 spiro atoms. The Balaban J connectivity index is 2.05. The maximum atomic E-state index is 3.51. The van der Waals surface area contributed by atoms with E-state index >= 15 is 0 Å². The zero-order valence-corrected chi connectivity index (χ0v) is 8.21. The van der Waals surface area contributed by atoms with Gasteiger partial charge >= 0.3 is 0 Å². The lowest BCUT2D eigenvalue weighted by atomic mass is 10.1. The van der Waals surface area contributed by atoms with Crippen LogP contribution < -0.4 is 5.32 Å². The first-order valence-electron chi connectivity index (χ1n) is 5.31. The SMILES string of the molecule is CCC(C)N1[C@@H]2CC[C@H]1CNC2. The van der Waals surface area contributed by atoms with Crippen molar-refractivity contribution < 1.29 is 0 Å². The minimum absolute atomic E-state index is 0.796. The molecule has 2 nitrogen and oxygen atoms in total. The summed E-state index contributed by atoms with van der Waals surface area (Å²) in [7, 11) is 0. The average molecular weight is 168 g/mol. The van der Waals surface area contributed by atoms with Gasteiger partial charge in [0.05, 0.1) is 0 Å². The number of nitrogens with one attached hydrogen (secondary N) is 1. The third-order valence-electron chi connectivity index (χ3n) is 3.54. The Morgan fingerprint density at radius 3 is 2.42 bits per heavy atom. The fourth-order valence-corrected chi connectivity index (χ4v) is 2.74. The molecule has 0 saturated carbocycles. The van der Waals surface area contributed by atoms with Gasteiger partial charge in [-0.1, -0.05) is 6.92 Å². The van der Waals surface area contributed by atoms with E-state index in [-0.39, 0.29) is 0 Å². The van der Waals surface area contributed by atoms with Crippen LogP contribution in [0.1, 0.15) is 33.1 Å². The Morgan fingerprint density at radius 1 is 1.33 bits per heavy atom. The van der Waals surface area contributed by atoms with Gasteiger partial charge in [-0.25, -0.2) is 0 Å². The van der Waals surface area contributed by atoms with E-state index in [2.05, 4.69) is 24.1 Å². The molecule has 0 aromatic rings. The quantitative estimate of drug-likeness (QED) is 0.667. The molecule has 0 aliphatic carbocycles. The zero-order chi connectivity index (χ0) is 8.55. The number of hydrogen-bond acceptors (Lipinski definition) is 2. The number of nitrogens with zero attached hydrogens (tertiary/aromatic N) is 1. The number of hydrogen-bond donors (Lipinski definition) is 1. The molecule has 1 N–H and O–H groups in total. The summed E-state index contributed by atoms with van der Waals surface area (Å²) in [4.78, 5) is 2.75. The van der Waals surface area contributed by atoms with Crippen LogP contribution in [0.4, 0.5) is 0 Å². The van der Waals surface area contributed by atoms with Crippen molar-refractivity contribution in [2.24, 2.45) is 0 Å². The lowest BCUT2D eigenvalue weighted by Crippen LogP contribution is -2.54. The lowest BCUT2D eigenvalue weighted by Gasteiger charge is -2.39. The first-order chi connectivity index (χ1) is 5.83. The van der Waals surface area contributed by atoms with Crippen molar-refractivity contribution in [1.82, 2.24) is 10.2 Å². The summed E-state index contributed by atoms with van der Waals surface area (Å²) in [6, 6.07) is 2.49. The third kappa shape index (κ3) is 1.27. The van der Waals surface area contributed by atoms with Gasteiger partial charge in [-0.15, -0.1) is 0 Å². The fraction of sp³-hybridized carbons (Fsp3) is 1.00. The summed E-state index contributed by atoms with van der Waals surface area (Å²) in [5.41, 5.74) is 0. The highest BCUT2D eigenvalue weighted by Crippen LogP contribution is 2.29. The topological polar surface area (TPSA) is 15.3 Å². The van der Waals surface area contributed by atoms with Crippen molar-refractivity contribution in [3.63, 3.8) is 0 Å². The molecule has 2 heteroatoms. The molecular weight excluding hydrogens is 148 g/mol. The molecule has 2 aliphatic heterocycles. The molecule has 0 aromatic heterocycles. The summed E-state index contributed by atoms with van der Waals surface area (Å²) in [5, 5.41) is 3.51. The molecule has 2 bridgehead atoms. The van der Waals surface area contributed by atoms with Crippen molar-refractivity contribution >= 4 is 0 Å². The van der Waals surface area contributed by atoms with Crippen molar-refractivity contribution in [2.75, 3.05) is 13.1 Å². The molecule has 70 valence electrons. The summed E-state index contributed by atoms with van der Waals surface area (Å²) < 4.78 is 0. The van der Waals surface area contributed by atoms with Crippen LogP contribution in [0.25, 0.3) is 0 Å². The van der Waals surface area contributed by atoms with Crippen LogP contribution in [0.15, 0.2) is 0 Å². The molecule has 2 saturated heterocycles. The molecular formula is C10H20N2. The smallest absolute Gasteiger partial charge is 0.0227 e. The summed E-state index contributed by atoms with van der Waals surface area (Å²) >= 11 is 0. The maximum absolute atomic E-state index is 3.51. The normalized spacial score (nSPS) is 38.5. The first kappa shape index (κ1) is 8.52. The highest BCUT2D eigenvalue weighted by molar-refractivity contribution is 4.96. The lowest BCUT2D eigenvalue weighted by molar-refractivity contribution is 0.105. The Hall–Kier alpha value is -0.0800. The van der Waals surface area contributed by atoms with E-state index in [0.29, 0.717) is 0 Å². The van der Waals surface area contributed by atoms with Crippen LogP contribution >= 0.6 is 0 Å². The molecule has 3 atom stereocenters. The highest BCUT2D eigenvalue weighted by Gasteiger charge is 2.38. The van der Waals surface area contributed by atoms with Gasteiger partial charge in [0.2, 0.25) is 0 Å². The van der Waals surface area contributed by atoms with Gasteiger partial charge in [0.1, 0.15) is 0 Å². The molecule has 2 fully saturated rings. The Kier molecular flexibility index (Phi) is 2.37. The molecule has 0 radical (unpaired) electrons. The molecule has 1 unspecified atom stereocenters. The molecule has 2 heterocycles. The monoisotopic (exact) mass is 168 g/mol. The predicted molar refractivity (Wildman–Crippen MR) is 51.3 cm³/mol. The minimum atomic E-state index is 0.796. The molecule has 2 rings (SSSR count). The maximum Gasteiger partial charge on any atom is 0.0227 e. The van der Waals surface area contributed by atoms with E-state index in [4.69, 9.17) is 0 Å². The van der Waals surface area contributed by atoms with Crippen molar-refractivity contribution in [1.29, 1.82) is 0 Å². The van der Waals surface area contributed by atoms with Crippen LogP contribution in [0, 0.1) is 0 Å². The number of fused-ring (bicyclic) bond motifs is 2. The zero-order valence-electron chi connectivity index (χ0n) is 8.21. The van der Waals surface area contributed by atoms with E-state index in [1.54, 1.807) is 0 Å². The summed E-state index contributed by atoms with van der Waals surface area (Å²) in [6.45, 7) is 7.12. The van der Waals surface area contributed by atoms with Gasteiger partial charge in [0, 0.05) is 31.2 Å². The number of piperazine rings is 1. The van der Waals surface area contributed by atoms with E-state index in [9.17, 15) is 0 Å². The average Bonchev–Trinajstić information content (AvgIpc) is 2.35. The van der Waals surface area contributed by atoms with Crippen LogP contribution in [-0.4, -0.2) is 36.1 Å². The van der Waals surface area contributed by atoms with Crippen LogP contribution in [0.5, 0.6) is 0 Å². The molecule has 0 aromatic carbocycles. The fourth-order valence-electron chi connectivity index (χ4n) is 2.74. The number of rotatable bonds is 2. The Labute approximate surface area is 75.3 Å². The van der Waals surface area contributed by atoms with Gasteiger partial charge in [-0.2, -0.15) is 0 Å². The van der Waals surface area contributed by atoms with Crippen molar-refractivity contribution in [3.05, 3.63) is 0 Å². The van der Waals surface area contributed by atoms with Gasteiger partial charge in [0.15, 0.2) is 0 Å².